The van der Waals surface area contributed by atoms with Gasteiger partial charge in [0.1, 0.15) is 22.5 Å². The minimum absolute atomic E-state index is 0.00340. The molecule has 8 nitrogen and oxygen atoms in total. The quantitative estimate of drug-likeness (QED) is 0.593. The van der Waals surface area contributed by atoms with Crippen molar-refractivity contribution in [1.82, 2.24) is 9.80 Å². The van der Waals surface area contributed by atoms with Gasteiger partial charge in [-0.1, -0.05) is 0 Å². The molecule has 2 heterocycles. The van der Waals surface area contributed by atoms with Crippen molar-refractivity contribution in [3.05, 3.63) is 0 Å². The maximum Gasteiger partial charge on any atom is 0.252 e. The van der Waals surface area contributed by atoms with Crippen molar-refractivity contribution in [1.29, 1.82) is 0 Å². The predicted molar refractivity (Wildman–Crippen MR) is 124 cm³/mol. The first-order valence-corrected chi connectivity index (χ1v) is 14.6. The molecule has 4 aliphatic rings. The zero-order valence-corrected chi connectivity index (χ0v) is 21.1. The van der Waals surface area contributed by atoms with E-state index in [2.05, 4.69) is 0 Å². The number of hydrogen-bond donors (Lipinski definition) is 0. The number of carbonyl (C=O) groups is 2. The molecule has 2 amide bonds. The summed E-state index contributed by atoms with van der Waals surface area (Å²) in [5.41, 5.74) is 0. The van der Waals surface area contributed by atoms with Crippen LogP contribution in [-0.2, 0) is 28.9 Å². The second-order valence-corrected chi connectivity index (χ2v) is 13.0. The summed E-state index contributed by atoms with van der Waals surface area (Å²) in [6, 6.07) is -0.0588. The minimum atomic E-state index is -2.98. The van der Waals surface area contributed by atoms with Gasteiger partial charge in [-0.15, -0.1) is 0 Å². The van der Waals surface area contributed by atoms with Crippen LogP contribution in [0.3, 0.4) is 0 Å². The van der Waals surface area contributed by atoms with Crippen LogP contribution in [0.15, 0.2) is 0 Å². The van der Waals surface area contributed by atoms with Crippen molar-refractivity contribution in [3.8, 4) is 0 Å². The van der Waals surface area contributed by atoms with Gasteiger partial charge in [-0.2, -0.15) is 0 Å². The summed E-state index contributed by atoms with van der Waals surface area (Å²) in [7, 11) is -1.44. The first-order chi connectivity index (χ1) is 15.7. The Morgan fingerprint density at radius 2 is 1.70 bits per heavy atom. The average Bonchev–Trinajstić information content (AvgIpc) is 3.32. The number of fused-ring (bicyclic) bond motifs is 1. The first-order valence-electron chi connectivity index (χ1n) is 12.6. The second kappa shape index (κ2) is 10.2. The van der Waals surface area contributed by atoms with Crippen molar-refractivity contribution in [3.63, 3.8) is 0 Å². The van der Waals surface area contributed by atoms with Crippen LogP contribution in [0.25, 0.3) is 0 Å². The van der Waals surface area contributed by atoms with Gasteiger partial charge in [-0.05, 0) is 76.5 Å². The van der Waals surface area contributed by atoms with Gasteiger partial charge >= 0.3 is 0 Å². The Balaban J connectivity index is 1.51. The molecular weight excluding hydrogens is 444 g/mol. The van der Waals surface area contributed by atoms with Crippen LogP contribution in [-0.4, -0.2) is 92.6 Å². The van der Waals surface area contributed by atoms with Gasteiger partial charge in [0.15, 0.2) is 0 Å². The molecule has 0 radical (unpaired) electrons. The van der Waals surface area contributed by atoms with Crippen molar-refractivity contribution >= 4 is 21.7 Å². The van der Waals surface area contributed by atoms with Crippen LogP contribution in [0.4, 0.5) is 0 Å². The van der Waals surface area contributed by atoms with E-state index in [1.54, 1.807) is 7.11 Å². The number of sulfone groups is 1. The van der Waals surface area contributed by atoms with Crippen molar-refractivity contribution < 1.29 is 27.5 Å². The van der Waals surface area contributed by atoms with Crippen molar-refractivity contribution in [2.24, 2.45) is 11.8 Å². The van der Waals surface area contributed by atoms with Crippen LogP contribution >= 0.6 is 0 Å². The average molecular weight is 485 g/mol. The zero-order valence-electron chi connectivity index (χ0n) is 20.3. The fourth-order valence-electron chi connectivity index (χ4n) is 6.91. The van der Waals surface area contributed by atoms with E-state index in [1.807, 2.05) is 16.7 Å². The fraction of sp³-hybridized carbons (Fsp3) is 0.917. The van der Waals surface area contributed by atoms with E-state index in [9.17, 15) is 18.0 Å². The summed E-state index contributed by atoms with van der Waals surface area (Å²) in [6.45, 7) is 3.26. The molecule has 0 bridgehead atoms. The number of piperazine rings is 1. The molecule has 2 aliphatic heterocycles. The molecule has 33 heavy (non-hydrogen) atoms. The number of hydrogen-bond acceptors (Lipinski definition) is 6. The molecule has 4 fully saturated rings. The summed E-state index contributed by atoms with van der Waals surface area (Å²) >= 11 is 0. The Morgan fingerprint density at radius 3 is 2.30 bits per heavy atom. The normalized spacial score (nSPS) is 37.6. The molecule has 4 rings (SSSR count). The van der Waals surface area contributed by atoms with Gasteiger partial charge in [-0.3, -0.25) is 9.59 Å². The lowest BCUT2D eigenvalue weighted by Gasteiger charge is -2.55. The second-order valence-electron chi connectivity index (χ2n) is 10.6. The summed E-state index contributed by atoms with van der Waals surface area (Å²) < 4.78 is 34.8. The number of carbonyl (C=O) groups excluding carboxylic acids is 2. The summed E-state index contributed by atoms with van der Waals surface area (Å²) in [6.07, 6.45) is 8.79. The molecule has 2 saturated heterocycles. The molecule has 0 aromatic carbocycles. The molecule has 2 aliphatic carbocycles. The third-order valence-corrected chi connectivity index (χ3v) is 10.2. The monoisotopic (exact) mass is 484 g/mol. The zero-order chi connectivity index (χ0) is 23.8. The Kier molecular flexibility index (Phi) is 7.70. The molecule has 4 unspecified atom stereocenters. The molecule has 9 heteroatoms. The number of rotatable bonds is 5. The first kappa shape index (κ1) is 24.9. The molecule has 0 N–H and O–H groups in total. The molecule has 2 saturated carbocycles. The Hall–Kier alpha value is -1.19. The highest BCUT2D eigenvalue weighted by molar-refractivity contribution is 7.91. The predicted octanol–water partition coefficient (Wildman–Crippen LogP) is 2.01. The van der Waals surface area contributed by atoms with Gasteiger partial charge in [-0.25, -0.2) is 8.42 Å². The van der Waals surface area contributed by atoms with Crippen LogP contribution in [0.1, 0.15) is 64.7 Å². The lowest BCUT2D eigenvalue weighted by atomic mass is 9.69. The molecular formula is C24H40N2O6S. The highest BCUT2D eigenvalue weighted by Gasteiger charge is 2.49. The molecule has 0 spiro atoms. The lowest BCUT2D eigenvalue weighted by Crippen LogP contribution is -2.68. The number of nitrogens with zero attached hydrogens (tertiary/aromatic N) is 2. The van der Waals surface area contributed by atoms with Crippen LogP contribution < -0.4 is 0 Å². The van der Waals surface area contributed by atoms with E-state index < -0.39 is 9.84 Å². The maximum absolute atomic E-state index is 13.4. The van der Waals surface area contributed by atoms with Crippen LogP contribution in [0.5, 0.6) is 0 Å². The SMILES string of the molecule is COCC(=O)N1C2CCC(C3CCC(S(C)(=O)=O)CC3)CC2N(C(=O)C2CCCO2)C[C@@H]1C. The Labute approximate surface area is 198 Å². The van der Waals surface area contributed by atoms with Gasteiger partial charge < -0.3 is 19.3 Å². The Morgan fingerprint density at radius 1 is 1.00 bits per heavy atom. The molecule has 0 aromatic heterocycles. The van der Waals surface area contributed by atoms with E-state index in [0.717, 1.165) is 57.8 Å². The molecule has 188 valence electrons. The van der Waals surface area contributed by atoms with Crippen LogP contribution in [0.2, 0.25) is 0 Å². The Bertz CT molecular complexity index is 819. The van der Waals surface area contributed by atoms with Gasteiger partial charge in [0.2, 0.25) is 5.91 Å². The number of amides is 2. The third-order valence-electron chi connectivity index (χ3n) is 8.55. The maximum atomic E-state index is 13.4. The molecule has 0 aromatic rings. The van der Waals surface area contributed by atoms with Crippen LogP contribution in [0, 0.1) is 11.8 Å². The summed E-state index contributed by atoms with van der Waals surface area (Å²) in [4.78, 5) is 30.4. The lowest BCUT2D eigenvalue weighted by molar-refractivity contribution is -0.163. The molecule has 5 atom stereocenters. The van der Waals surface area contributed by atoms with E-state index in [-0.39, 0.29) is 47.9 Å². The van der Waals surface area contributed by atoms with Gasteiger partial charge in [0, 0.05) is 32.6 Å². The van der Waals surface area contributed by atoms with Gasteiger partial charge in [0.25, 0.3) is 5.91 Å². The summed E-state index contributed by atoms with van der Waals surface area (Å²) in [5.74, 6) is 1.02. The van der Waals surface area contributed by atoms with E-state index in [1.165, 1.54) is 6.26 Å². The standard InChI is InChI=1S/C24H40N2O6S/c1-16-14-25(24(28)22-5-4-12-32-22)21-13-18(8-11-20(21)26(16)23(27)15-31-2)17-6-9-19(10-7-17)33(3,29)30/h16-22H,4-15H2,1-3H3/t16-,17?,18?,19?,20?,21?,22?/m0/s1. The minimum Gasteiger partial charge on any atom is -0.375 e. The smallest absolute Gasteiger partial charge is 0.252 e. The van der Waals surface area contributed by atoms with Crippen molar-refractivity contribution in [2.45, 2.75) is 94.2 Å². The summed E-state index contributed by atoms with van der Waals surface area (Å²) in [5, 5.41) is -0.208. The van der Waals surface area contributed by atoms with Gasteiger partial charge in [0.05, 0.1) is 17.3 Å². The van der Waals surface area contributed by atoms with E-state index >= 15 is 0 Å². The highest BCUT2D eigenvalue weighted by atomic mass is 32.2. The number of ether oxygens (including phenoxy) is 2. The van der Waals surface area contributed by atoms with E-state index in [0.29, 0.717) is 25.0 Å². The topological polar surface area (TPSA) is 93.2 Å². The van der Waals surface area contributed by atoms with E-state index in [4.69, 9.17) is 9.47 Å². The number of methoxy groups -OCH3 is 1. The fourth-order valence-corrected chi connectivity index (χ4v) is 8.04. The van der Waals surface area contributed by atoms with Crippen molar-refractivity contribution in [2.75, 3.05) is 33.1 Å². The highest BCUT2D eigenvalue weighted by Crippen LogP contribution is 2.43. The largest absolute Gasteiger partial charge is 0.375 e. The third kappa shape index (κ3) is 5.25.